The maximum Gasteiger partial charge on any atom is 0.228 e. The lowest BCUT2D eigenvalue weighted by Gasteiger charge is -2.35. The first kappa shape index (κ1) is 20.0. The van der Waals surface area contributed by atoms with E-state index in [1.165, 1.54) is 0 Å². The van der Waals surface area contributed by atoms with E-state index in [-0.39, 0.29) is 24.2 Å². The van der Waals surface area contributed by atoms with Crippen molar-refractivity contribution < 1.29 is 9.59 Å². The van der Waals surface area contributed by atoms with E-state index in [4.69, 9.17) is 11.6 Å². The van der Waals surface area contributed by atoms with Gasteiger partial charge in [0, 0.05) is 62.6 Å². The van der Waals surface area contributed by atoms with Crippen LogP contribution in [0.1, 0.15) is 12.1 Å². The number of piperazine rings is 1. The normalized spacial score (nSPS) is 20.0. The summed E-state index contributed by atoms with van der Waals surface area (Å²) >= 11 is 5.95. The molecule has 1 aromatic carbocycles. The van der Waals surface area contributed by atoms with Crippen molar-refractivity contribution in [2.75, 3.05) is 37.6 Å². The lowest BCUT2D eigenvalue weighted by Crippen LogP contribution is -2.50. The zero-order valence-electron chi connectivity index (χ0n) is 17.2. The molecule has 0 aliphatic carbocycles. The van der Waals surface area contributed by atoms with Crippen molar-refractivity contribution in [3.8, 4) is 0 Å². The number of carbonyl (C=O) groups is 2. The van der Waals surface area contributed by atoms with Crippen LogP contribution in [-0.2, 0) is 16.1 Å². The lowest BCUT2D eigenvalue weighted by molar-refractivity contribution is -0.137. The van der Waals surface area contributed by atoms with Crippen molar-refractivity contribution in [1.29, 1.82) is 0 Å². The van der Waals surface area contributed by atoms with Crippen LogP contribution in [0.2, 0.25) is 5.02 Å². The predicted octanol–water partition coefficient (Wildman–Crippen LogP) is 2.69. The van der Waals surface area contributed by atoms with Crippen LogP contribution in [0.3, 0.4) is 0 Å². The Bertz CT molecular complexity index is 1070. The molecule has 2 aromatic heterocycles. The van der Waals surface area contributed by atoms with E-state index in [9.17, 15) is 9.59 Å². The number of halogens is 1. The number of hydrogen-bond acceptors (Lipinski definition) is 4. The van der Waals surface area contributed by atoms with E-state index in [1.54, 1.807) is 17.0 Å². The van der Waals surface area contributed by atoms with Crippen LogP contribution in [0.4, 0.5) is 5.69 Å². The van der Waals surface area contributed by atoms with E-state index in [1.807, 2.05) is 45.9 Å². The average molecular weight is 438 g/mol. The third-order valence-corrected chi connectivity index (χ3v) is 6.35. The summed E-state index contributed by atoms with van der Waals surface area (Å²) in [5.41, 5.74) is 2.91. The van der Waals surface area contributed by atoms with E-state index in [0.717, 1.165) is 36.5 Å². The molecule has 4 heterocycles. The Kier molecular flexibility index (Phi) is 5.38. The standard InChI is InChI=1S/C23H24ClN5O2/c24-18-4-6-20(7-5-18)28-15-17(13-22(28)30)23(31)27-11-9-26(10-12-27)16-19-14-21-3-1-2-8-29(21)25-19/h1-8,14,17H,9-13,15-16H2. The Hall–Kier alpha value is -2.90. The SMILES string of the molecule is O=C(C1CC(=O)N(c2ccc(Cl)cc2)C1)N1CCN(Cc2cc3ccccn3n2)CC1. The Morgan fingerprint density at radius 2 is 1.84 bits per heavy atom. The number of benzene rings is 1. The van der Waals surface area contributed by atoms with Crippen LogP contribution < -0.4 is 4.90 Å². The monoisotopic (exact) mass is 437 g/mol. The number of hydrogen-bond donors (Lipinski definition) is 0. The molecule has 2 aliphatic heterocycles. The molecule has 31 heavy (non-hydrogen) atoms. The molecule has 5 rings (SSSR count). The quantitative estimate of drug-likeness (QED) is 0.629. The summed E-state index contributed by atoms with van der Waals surface area (Å²) in [7, 11) is 0. The van der Waals surface area contributed by atoms with E-state index < -0.39 is 0 Å². The second-order valence-corrected chi connectivity index (χ2v) is 8.63. The third kappa shape index (κ3) is 4.16. The highest BCUT2D eigenvalue weighted by molar-refractivity contribution is 6.30. The van der Waals surface area contributed by atoms with Crippen LogP contribution >= 0.6 is 11.6 Å². The molecular formula is C23H24ClN5O2. The molecule has 7 nitrogen and oxygen atoms in total. The summed E-state index contributed by atoms with van der Waals surface area (Å²) < 4.78 is 1.89. The number of pyridine rings is 1. The maximum absolute atomic E-state index is 13.1. The summed E-state index contributed by atoms with van der Waals surface area (Å²) in [4.78, 5) is 31.5. The molecule has 2 saturated heterocycles. The summed E-state index contributed by atoms with van der Waals surface area (Å²) in [6.45, 7) is 4.18. The fraction of sp³-hybridized carbons (Fsp3) is 0.348. The largest absolute Gasteiger partial charge is 0.340 e. The van der Waals surface area contributed by atoms with Gasteiger partial charge in [0.2, 0.25) is 11.8 Å². The van der Waals surface area contributed by atoms with Crippen molar-refractivity contribution in [3.05, 3.63) is 65.4 Å². The molecule has 160 valence electrons. The number of nitrogens with zero attached hydrogens (tertiary/aromatic N) is 5. The molecule has 0 radical (unpaired) electrons. The summed E-state index contributed by atoms with van der Waals surface area (Å²) in [5.74, 6) is -0.212. The molecule has 0 spiro atoms. The minimum absolute atomic E-state index is 0.00819. The number of anilines is 1. The molecule has 2 amide bonds. The molecule has 1 unspecified atom stereocenters. The molecule has 0 bridgehead atoms. The fourth-order valence-corrected chi connectivity index (χ4v) is 4.55. The first-order valence-electron chi connectivity index (χ1n) is 10.6. The van der Waals surface area contributed by atoms with Crippen molar-refractivity contribution in [2.24, 2.45) is 5.92 Å². The average Bonchev–Trinajstić information content (AvgIpc) is 3.37. The van der Waals surface area contributed by atoms with Crippen molar-refractivity contribution in [1.82, 2.24) is 19.4 Å². The van der Waals surface area contributed by atoms with Crippen LogP contribution in [0.5, 0.6) is 0 Å². The molecule has 3 aromatic rings. The molecule has 8 heteroatoms. The highest BCUT2D eigenvalue weighted by Gasteiger charge is 2.37. The first-order chi connectivity index (χ1) is 15.1. The van der Waals surface area contributed by atoms with Crippen molar-refractivity contribution >= 4 is 34.6 Å². The minimum Gasteiger partial charge on any atom is -0.340 e. The predicted molar refractivity (Wildman–Crippen MR) is 119 cm³/mol. The van der Waals surface area contributed by atoms with Crippen LogP contribution in [0, 0.1) is 5.92 Å². The van der Waals surface area contributed by atoms with Gasteiger partial charge in [-0.15, -0.1) is 0 Å². The lowest BCUT2D eigenvalue weighted by atomic mass is 10.1. The molecule has 2 fully saturated rings. The number of amides is 2. The van der Waals surface area contributed by atoms with Gasteiger partial charge in [0.1, 0.15) is 0 Å². The van der Waals surface area contributed by atoms with Gasteiger partial charge in [-0.2, -0.15) is 5.10 Å². The van der Waals surface area contributed by atoms with Gasteiger partial charge in [-0.25, -0.2) is 4.52 Å². The fourth-order valence-electron chi connectivity index (χ4n) is 4.43. The Labute approximate surface area is 185 Å². The highest BCUT2D eigenvalue weighted by Crippen LogP contribution is 2.27. The second kappa shape index (κ2) is 8.32. The van der Waals surface area contributed by atoms with Gasteiger partial charge in [-0.1, -0.05) is 17.7 Å². The van der Waals surface area contributed by atoms with Crippen molar-refractivity contribution in [3.63, 3.8) is 0 Å². The Morgan fingerprint density at radius 1 is 1.06 bits per heavy atom. The molecule has 2 aliphatic rings. The Morgan fingerprint density at radius 3 is 2.58 bits per heavy atom. The Balaban J connectivity index is 1.16. The van der Waals surface area contributed by atoms with Gasteiger partial charge < -0.3 is 9.80 Å². The second-order valence-electron chi connectivity index (χ2n) is 8.19. The highest BCUT2D eigenvalue weighted by atomic mass is 35.5. The van der Waals surface area contributed by atoms with E-state index in [0.29, 0.717) is 24.7 Å². The summed E-state index contributed by atoms with van der Waals surface area (Å²) in [6.07, 6.45) is 2.22. The smallest absolute Gasteiger partial charge is 0.228 e. The zero-order valence-corrected chi connectivity index (χ0v) is 17.9. The maximum atomic E-state index is 13.1. The number of fused-ring (bicyclic) bond motifs is 1. The minimum atomic E-state index is -0.284. The van der Waals surface area contributed by atoms with Crippen LogP contribution in [-0.4, -0.2) is 64.0 Å². The molecule has 1 atom stereocenters. The van der Waals surface area contributed by atoms with Crippen LogP contribution in [0.15, 0.2) is 54.7 Å². The summed E-state index contributed by atoms with van der Waals surface area (Å²) in [6, 6.07) is 15.3. The van der Waals surface area contributed by atoms with Gasteiger partial charge in [-0.05, 0) is 42.5 Å². The van der Waals surface area contributed by atoms with Gasteiger partial charge in [0.25, 0.3) is 0 Å². The number of carbonyl (C=O) groups excluding carboxylic acids is 2. The number of rotatable bonds is 4. The van der Waals surface area contributed by atoms with Gasteiger partial charge in [-0.3, -0.25) is 14.5 Å². The summed E-state index contributed by atoms with van der Waals surface area (Å²) in [5, 5.41) is 5.25. The van der Waals surface area contributed by atoms with Gasteiger partial charge in [0.15, 0.2) is 0 Å². The van der Waals surface area contributed by atoms with Crippen LogP contribution in [0.25, 0.3) is 5.52 Å². The zero-order chi connectivity index (χ0) is 21.4. The van der Waals surface area contributed by atoms with E-state index in [2.05, 4.69) is 16.1 Å². The number of aromatic nitrogens is 2. The third-order valence-electron chi connectivity index (χ3n) is 6.10. The first-order valence-corrected chi connectivity index (χ1v) is 10.9. The van der Waals surface area contributed by atoms with Gasteiger partial charge >= 0.3 is 0 Å². The van der Waals surface area contributed by atoms with Gasteiger partial charge in [0.05, 0.1) is 17.1 Å². The topological polar surface area (TPSA) is 61.2 Å². The molecule has 0 N–H and O–H groups in total. The van der Waals surface area contributed by atoms with Crippen molar-refractivity contribution in [2.45, 2.75) is 13.0 Å². The molecule has 0 saturated carbocycles. The van der Waals surface area contributed by atoms with E-state index >= 15 is 0 Å². The molecular weight excluding hydrogens is 414 g/mol.